The fraction of sp³-hybridized carbons (Fsp3) is 0.500. The minimum absolute atomic E-state index is 0.0640. The van der Waals surface area contributed by atoms with Crippen LogP contribution in [-0.2, 0) is 23.8 Å². The summed E-state index contributed by atoms with van der Waals surface area (Å²) in [6.07, 6.45) is -1.59. The zero-order chi connectivity index (χ0) is 18.3. The van der Waals surface area contributed by atoms with Gasteiger partial charge in [-0.25, -0.2) is 9.97 Å². The normalized spacial score (nSPS) is 26.0. The van der Waals surface area contributed by atoms with Gasteiger partial charge in [0, 0.05) is 13.8 Å². The van der Waals surface area contributed by atoms with Gasteiger partial charge in [0.05, 0.1) is 12.4 Å². The number of esters is 2. The number of ether oxygens (including phenoxy) is 3. The van der Waals surface area contributed by atoms with E-state index in [9.17, 15) is 9.59 Å². The van der Waals surface area contributed by atoms with Gasteiger partial charge in [0.2, 0.25) is 5.28 Å². The Hall–Kier alpha value is -1.97. The quantitative estimate of drug-likeness (QED) is 0.445. The van der Waals surface area contributed by atoms with Gasteiger partial charge in [0.15, 0.2) is 29.2 Å². The Balaban J connectivity index is 2.05. The molecule has 0 saturated carbocycles. The first-order valence-electron chi connectivity index (χ1n) is 7.33. The van der Waals surface area contributed by atoms with E-state index in [1.165, 1.54) is 24.7 Å². The maximum atomic E-state index is 11.5. The molecule has 1 fully saturated rings. The van der Waals surface area contributed by atoms with E-state index in [4.69, 9.17) is 37.4 Å². The number of imidazole rings is 1. The molecule has 1 saturated heterocycles. The van der Waals surface area contributed by atoms with Crippen molar-refractivity contribution in [2.24, 2.45) is 0 Å². The third-order valence-corrected chi connectivity index (χ3v) is 4.08. The molecule has 2 aromatic heterocycles. The summed E-state index contributed by atoms with van der Waals surface area (Å²) >= 11 is 11.9. The predicted octanol–water partition coefficient (Wildman–Crippen LogP) is 1.91. The van der Waals surface area contributed by atoms with Crippen LogP contribution in [0.25, 0.3) is 11.2 Å². The zero-order valence-corrected chi connectivity index (χ0v) is 15.0. The van der Waals surface area contributed by atoms with Gasteiger partial charge in [-0.15, -0.1) is 0 Å². The van der Waals surface area contributed by atoms with E-state index < -0.39 is 36.5 Å². The number of nitrogens with zero attached hydrogens (tertiary/aromatic N) is 4. The number of fused-ring (bicyclic) bond motifs is 1. The number of hydrogen-bond donors (Lipinski definition) is 0. The largest absolute Gasteiger partial charge is 0.456 e. The zero-order valence-electron chi connectivity index (χ0n) is 13.5. The van der Waals surface area contributed by atoms with Crippen molar-refractivity contribution < 1.29 is 23.8 Å². The van der Waals surface area contributed by atoms with Gasteiger partial charge in [-0.3, -0.25) is 14.2 Å². The summed E-state index contributed by atoms with van der Waals surface area (Å²) in [7, 11) is 0. The molecule has 0 aliphatic carbocycles. The number of carbonyl (C=O) groups is 2. The minimum atomic E-state index is -0.888. The lowest BCUT2D eigenvalue weighted by molar-refractivity contribution is -0.165. The van der Waals surface area contributed by atoms with E-state index in [1.54, 1.807) is 6.92 Å². The monoisotopic (exact) mass is 388 g/mol. The van der Waals surface area contributed by atoms with Crippen LogP contribution in [-0.4, -0.2) is 49.8 Å². The van der Waals surface area contributed by atoms with Crippen molar-refractivity contribution in [2.45, 2.75) is 45.3 Å². The van der Waals surface area contributed by atoms with Crippen LogP contribution in [0.2, 0.25) is 10.4 Å². The molecule has 11 heteroatoms. The van der Waals surface area contributed by atoms with Crippen LogP contribution in [0.3, 0.4) is 0 Å². The van der Waals surface area contributed by atoms with Gasteiger partial charge in [0.1, 0.15) is 5.52 Å². The van der Waals surface area contributed by atoms with Crippen molar-refractivity contribution in [1.29, 1.82) is 0 Å². The van der Waals surface area contributed by atoms with E-state index in [-0.39, 0.29) is 10.4 Å². The standard InChI is InChI=1S/C14H14Cl2N4O5/c1-5-9(24-6(2)21)10(25-7(3)22)13(23-5)20-4-17-8-11(15)18-14(16)19-12(8)20/h4-5,9-10,13H,1-3H3/t5-,9-,10-,13?/m1/s1. The van der Waals surface area contributed by atoms with E-state index >= 15 is 0 Å². The molecular formula is C14H14Cl2N4O5. The first-order valence-corrected chi connectivity index (χ1v) is 8.09. The molecule has 0 radical (unpaired) electrons. The van der Waals surface area contributed by atoms with Crippen LogP contribution in [0.15, 0.2) is 6.33 Å². The molecule has 0 spiro atoms. The number of carbonyl (C=O) groups excluding carboxylic acids is 2. The number of hydrogen-bond acceptors (Lipinski definition) is 8. The van der Waals surface area contributed by atoms with Crippen molar-refractivity contribution >= 4 is 46.3 Å². The van der Waals surface area contributed by atoms with Gasteiger partial charge in [0.25, 0.3) is 0 Å². The van der Waals surface area contributed by atoms with Crippen molar-refractivity contribution in [3.8, 4) is 0 Å². The molecular weight excluding hydrogens is 375 g/mol. The summed E-state index contributed by atoms with van der Waals surface area (Å²) in [5.74, 6) is -1.05. The average Bonchev–Trinajstić information content (AvgIpc) is 3.02. The first-order chi connectivity index (χ1) is 11.8. The lowest BCUT2D eigenvalue weighted by Crippen LogP contribution is -2.38. The Morgan fingerprint density at radius 3 is 2.44 bits per heavy atom. The average molecular weight is 389 g/mol. The second kappa shape index (κ2) is 6.74. The molecule has 3 rings (SSSR count). The van der Waals surface area contributed by atoms with Crippen LogP contribution in [0, 0.1) is 0 Å². The molecule has 25 heavy (non-hydrogen) atoms. The second-order valence-corrected chi connectivity index (χ2v) is 6.18. The van der Waals surface area contributed by atoms with Gasteiger partial charge in [-0.2, -0.15) is 4.98 Å². The fourth-order valence-corrected chi connectivity index (χ4v) is 3.16. The summed E-state index contributed by atoms with van der Waals surface area (Å²) in [6.45, 7) is 4.23. The Morgan fingerprint density at radius 2 is 1.80 bits per heavy atom. The summed E-state index contributed by atoms with van der Waals surface area (Å²) in [6, 6.07) is 0. The maximum absolute atomic E-state index is 11.5. The Morgan fingerprint density at radius 1 is 1.16 bits per heavy atom. The molecule has 1 aliphatic rings. The van der Waals surface area contributed by atoms with Crippen LogP contribution >= 0.6 is 23.2 Å². The molecule has 134 valence electrons. The van der Waals surface area contributed by atoms with Gasteiger partial charge >= 0.3 is 11.9 Å². The Labute approximate surface area is 152 Å². The molecule has 9 nitrogen and oxygen atoms in total. The third-order valence-electron chi connectivity index (χ3n) is 3.65. The number of halogens is 2. The van der Waals surface area contributed by atoms with Crippen molar-refractivity contribution in [3.05, 3.63) is 16.8 Å². The van der Waals surface area contributed by atoms with Gasteiger partial charge in [-0.05, 0) is 18.5 Å². The fourth-order valence-electron chi connectivity index (χ4n) is 2.74. The lowest BCUT2D eigenvalue weighted by atomic mass is 10.1. The van der Waals surface area contributed by atoms with Crippen LogP contribution < -0.4 is 0 Å². The van der Waals surface area contributed by atoms with Crippen LogP contribution in [0.1, 0.15) is 27.0 Å². The van der Waals surface area contributed by atoms with Crippen molar-refractivity contribution in [3.63, 3.8) is 0 Å². The van der Waals surface area contributed by atoms with Crippen molar-refractivity contribution in [2.75, 3.05) is 0 Å². The lowest BCUT2D eigenvalue weighted by Gasteiger charge is -2.23. The SMILES string of the molecule is CC(=O)O[C@@H]1[C@@H](C)OC(n2cnc3c(Cl)nc(Cl)nc32)[C@@H]1OC(C)=O. The third kappa shape index (κ3) is 3.39. The molecule has 3 heterocycles. The van der Waals surface area contributed by atoms with Crippen LogP contribution in [0.4, 0.5) is 0 Å². The van der Waals surface area contributed by atoms with Crippen molar-refractivity contribution in [1.82, 2.24) is 19.5 Å². The topological polar surface area (TPSA) is 105 Å². The first kappa shape index (κ1) is 17.8. The van der Waals surface area contributed by atoms with E-state index in [1.807, 2.05) is 0 Å². The highest BCUT2D eigenvalue weighted by Gasteiger charge is 2.48. The van der Waals surface area contributed by atoms with Crippen LogP contribution in [0.5, 0.6) is 0 Å². The summed E-state index contributed by atoms with van der Waals surface area (Å²) in [5, 5.41) is 0.0197. The molecule has 0 amide bonds. The minimum Gasteiger partial charge on any atom is -0.456 e. The molecule has 2 aromatic rings. The van der Waals surface area contributed by atoms with Gasteiger partial charge < -0.3 is 14.2 Å². The summed E-state index contributed by atoms with van der Waals surface area (Å²) in [4.78, 5) is 35.0. The Kier molecular flexibility index (Phi) is 4.81. The Bertz CT molecular complexity index is 842. The predicted molar refractivity (Wildman–Crippen MR) is 86.0 cm³/mol. The van der Waals surface area contributed by atoms with E-state index in [2.05, 4.69) is 15.0 Å². The number of aromatic nitrogens is 4. The molecule has 1 unspecified atom stereocenters. The number of rotatable bonds is 3. The summed E-state index contributed by atoms with van der Waals surface area (Å²) < 4.78 is 18.0. The molecule has 1 aliphatic heterocycles. The molecule has 0 bridgehead atoms. The second-order valence-electron chi connectivity index (χ2n) is 5.49. The highest BCUT2D eigenvalue weighted by Crippen LogP contribution is 2.36. The molecule has 0 aromatic carbocycles. The van der Waals surface area contributed by atoms with Gasteiger partial charge in [-0.1, -0.05) is 11.6 Å². The van der Waals surface area contributed by atoms with E-state index in [0.717, 1.165) is 0 Å². The smallest absolute Gasteiger partial charge is 0.303 e. The maximum Gasteiger partial charge on any atom is 0.303 e. The molecule has 0 N–H and O–H groups in total. The van der Waals surface area contributed by atoms with E-state index in [0.29, 0.717) is 11.2 Å². The highest BCUT2D eigenvalue weighted by molar-refractivity contribution is 6.35. The summed E-state index contributed by atoms with van der Waals surface area (Å²) in [5.41, 5.74) is 0.627. The molecule has 4 atom stereocenters. The highest BCUT2D eigenvalue weighted by atomic mass is 35.5.